The maximum Gasteiger partial charge on any atom is 0.294 e. The smallest absolute Gasteiger partial charge is 0.294 e. The first-order valence-corrected chi connectivity index (χ1v) is 8.26. The summed E-state index contributed by atoms with van der Waals surface area (Å²) in [5.41, 5.74) is 1.60. The van der Waals surface area contributed by atoms with Crippen LogP contribution >= 0.6 is 0 Å². The van der Waals surface area contributed by atoms with Crippen LogP contribution < -0.4 is 15.6 Å². The van der Waals surface area contributed by atoms with Crippen molar-refractivity contribution in [3.05, 3.63) is 76.1 Å². The highest BCUT2D eigenvalue weighted by molar-refractivity contribution is 6.10. The summed E-state index contributed by atoms with van der Waals surface area (Å²) in [7, 11) is 1.53. The van der Waals surface area contributed by atoms with Gasteiger partial charge in [-0.15, -0.1) is 0 Å². The second-order valence-corrected chi connectivity index (χ2v) is 6.11. The van der Waals surface area contributed by atoms with Crippen molar-refractivity contribution < 1.29 is 14.0 Å². The molecule has 6 nitrogen and oxygen atoms in total. The number of nitrogens with zero attached hydrogens (tertiary/aromatic N) is 1. The zero-order valence-electron chi connectivity index (χ0n) is 14.1. The fourth-order valence-corrected chi connectivity index (χ4v) is 3.34. The molecule has 0 fully saturated rings. The van der Waals surface area contributed by atoms with E-state index in [2.05, 4.69) is 5.32 Å². The molecule has 1 aliphatic rings. The molecular formula is C20H16N2O4. The Bertz CT molecular complexity index is 1090. The summed E-state index contributed by atoms with van der Waals surface area (Å²) in [5, 5.41) is 3.00. The van der Waals surface area contributed by atoms with Gasteiger partial charge in [0.1, 0.15) is 11.6 Å². The highest BCUT2D eigenvalue weighted by atomic mass is 16.3. The van der Waals surface area contributed by atoms with Crippen molar-refractivity contribution in [2.24, 2.45) is 0 Å². The molecule has 0 aliphatic carbocycles. The number of fused-ring (bicyclic) bond motifs is 2. The Morgan fingerprint density at radius 1 is 1.12 bits per heavy atom. The topological polar surface area (TPSA) is 79.6 Å². The minimum absolute atomic E-state index is 0.0840. The third-order valence-electron chi connectivity index (χ3n) is 4.59. The lowest BCUT2D eigenvalue weighted by Crippen LogP contribution is -2.47. The van der Waals surface area contributed by atoms with Gasteiger partial charge in [0, 0.05) is 25.2 Å². The van der Waals surface area contributed by atoms with Crippen LogP contribution in [0.1, 0.15) is 16.1 Å². The predicted octanol–water partition coefficient (Wildman–Crippen LogP) is 2.11. The standard InChI is InChI=1S/C20H16N2O4/c1-21-19(24)15-10-12-6-2-4-8-14(12)22(15)20(25)18-11-16(23)13-7-3-5-9-17(13)26-18/h2-9,11,15H,10H2,1H3,(H,21,24)/t15-/m0/s1. The van der Waals surface area contributed by atoms with Gasteiger partial charge < -0.3 is 9.73 Å². The highest BCUT2D eigenvalue weighted by Crippen LogP contribution is 2.33. The molecule has 1 N–H and O–H groups in total. The fraction of sp³-hybridized carbons (Fsp3) is 0.150. The molecule has 130 valence electrons. The summed E-state index contributed by atoms with van der Waals surface area (Å²) in [6.45, 7) is 0. The van der Waals surface area contributed by atoms with Crippen molar-refractivity contribution >= 4 is 28.5 Å². The van der Waals surface area contributed by atoms with Gasteiger partial charge in [0.05, 0.1) is 5.39 Å². The van der Waals surface area contributed by atoms with E-state index < -0.39 is 11.9 Å². The Kier molecular flexibility index (Phi) is 3.80. The van der Waals surface area contributed by atoms with Crippen molar-refractivity contribution in [3.8, 4) is 0 Å². The van der Waals surface area contributed by atoms with Crippen molar-refractivity contribution in [2.75, 3.05) is 11.9 Å². The largest absolute Gasteiger partial charge is 0.451 e. The number of hydrogen-bond acceptors (Lipinski definition) is 4. The molecule has 4 rings (SSSR count). The van der Waals surface area contributed by atoms with E-state index in [-0.39, 0.29) is 17.1 Å². The lowest BCUT2D eigenvalue weighted by atomic mass is 10.1. The van der Waals surface area contributed by atoms with Gasteiger partial charge in [-0.1, -0.05) is 30.3 Å². The molecule has 0 radical (unpaired) electrons. The zero-order chi connectivity index (χ0) is 18.3. The molecule has 0 spiro atoms. The summed E-state index contributed by atoms with van der Waals surface area (Å²) in [5.74, 6) is -0.858. The second-order valence-electron chi connectivity index (χ2n) is 6.11. The molecule has 0 saturated carbocycles. The maximum absolute atomic E-state index is 13.1. The van der Waals surface area contributed by atoms with Gasteiger partial charge in [0.2, 0.25) is 5.91 Å². The van der Waals surface area contributed by atoms with Crippen LogP contribution in [0.2, 0.25) is 0 Å². The zero-order valence-corrected chi connectivity index (χ0v) is 14.1. The lowest BCUT2D eigenvalue weighted by molar-refractivity contribution is -0.121. The maximum atomic E-state index is 13.1. The molecule has 1 aromatic heterocycles. The molecule has 26 heavy (non-hydrogen) atoms. The van der Waals surface area contributed by atoms with E-state index in [1.165, 1.54) is 18.0 Å². The highest BCUT2D eigenvalue weighted by Gasteiger charge is 2.39. The van der Waals surface area contributed by atoms with Gasteiger partial charge in [-0.3, -0.25) is 19.3 Å². The van der Waals surface area contributed by atoms with E-state index in [1.54, 1.807) is 30.3 Å². The first-order valence-electron chi connectivity index (χ1n) is 8.26. The number of nitrogens with one attached hydrogen (secondary N) is 1. The van der Waals surface area contributed by atoms with Crippen molar-refractivity contribution in [2.45, 2.75) is 12.5 Å². The van der Waals surface area contributed by atoms with E-state index in [0.29, 0.717) is 23.1 Å². The third kappa shape index (κ3) is 2.47. The number of amides is 2. The number of para-hydroxylation sites is 2. The average Bonchev–Trinajstić information content (AvgIpc) is 3.06. The Morgan fingerprint density at radius 3 is 2.65 bits per heavy atom. The second kappa shape index (κ2) is 6.15. The number of benzene rings is 2. The van der Waals surface area contributed by atoms with E-state index in [4.69, 9.17) is 4.42 Å². The fourth-order valence-electron chi connectivity index (χ4n) is 3.34. The van der Waals surface area contributed by atoms with Crippen LogP contribution in [0.15, 0.2) is 63.8 Å². The molecule has 3 aromatic rings. The van der Waals surface area contributed by atoms with Crippen LogP contribution in [0.25, 0.3) is 11.0 Å². The predicted molar refractivity (Wildman–Crippen MR) is 97.3 cm³/mol. The van der Waals surface area contributed by atoms with Crippen LogP contribution in [0.5, 0.6) is 0 Å². The van der Waals surface area contributed by atoms with Gasteiger partial charge in [0.15, 0.2) is 11.2 Å². The molecule has 6 heteroatoms. The van der Waals surface area contributed by atoms with Crippen LogP contribution in [0.3, 0.4) is 0 Å². The van der Waals surface area contributed by atoms with Gasteiger partial charge in [-0.05, 0) is 23.8 Å². The minimum Gasteiger partial charge on any atom is -0.451 e. The molecule has 1 atom stereocenters. The normalized spacial score (nSPS) is 15.7. The van der Waals surface area contributed by atoms with Crippen LogP contribution in [0.4, 0.5) is 5.69 Å². The number of carbonyl (C=O) groups excluding carboxylic acids is 2. The Labute approximate surface area is 149 Å². The molecule has 2 aromatic carbocycles. The summed E-state index contributed by atoms with van der Waals surface area (Å²) in [6.07, 6.45) is 0.416. The molecule has 2 heterocycles. The molecule has 0 unspecified atom stereocenters. The summed E-state index contributed by atoms with van der Waals surface area (Å²) in [6, 6.07) is 14.6. The van der Waals surface area contributed by atoms with E-state index >= 15 is 0 Å². The van der Waals surface area contributed by atoms with Gasteiger partial charge in [-0.25, -0.2) is 0 Å². The minimum atomic E-state index is -0.679. The number of anilines is 1. The van der Waals surface area contributed by atoms with Crippen LogP contribution in [-0.4, -0.2) is 24.9 Å². The Balaban J connectivity index is 1.83. The first-order chi connectivity index (χ1) is 12.6. The van der Waals surface area contributed by atoms with Gasteiger partial charge in [-0.2, -0.15) is 0 Å². The lowest BCUT2D eigenvalue weighted by Gasteiger charge is -2.23. The molecule has 2 amide bonds. The number of rotatable bonds is 2. The van der Waals surface area contributed by atoms with Gasteiger partial charge in [0.25, 0.3) is 5.91 Å². The van der Waals surface area contributed by atoms with Crippen LogP contribution in [-0.2, 0) is 11.2 Å². The number of likely N-dealkylation sites (N-methyl/N-ethyl adjacent to an activating group) is 1. The quantitative estimate of drug-likeness (QED) is 0.769. The molecule has 0 saturated heterocycles. The molecule has 1 aliphatic heterocycles. The SMILES string of the molecule is CNC(=O)[C@@H]1Cc2ccccc2N1C(=O)c1cc(=O)c2ccccc2o1. The van der Waals surface area contributed by atoms with Crippen molar-refractivity contribution in [3.63, 3.8) is 0 Å². The summed E-state index contributed by atoms with van der Waals surface area (Å²) in [4.78, 5) is 39.2. The van der Waals surface area contributed by atoms with E-state index in [9.17, 15) is 14.4 Å². The monoisotopic (exact) mass is 348 g/mol. The average molecular weight is 348 g/mol. The third-order valence-corrected chi connectivity index (χ3v) is 4.59. The number of hydrogen-bond donors (Lipinski definition) is 1. The number of carbonyl (C=O) groups is 2. The summed E-state index contributed by atoms with van der Waals surface area (Å²) < 4.78 is 5.67. The van der Waals surface area contributed by atoms with Crippen molar-refractivity contribution in [1.82, 2.24) is 5.32 Å². The Morgan fingerprint density at radius 2 is 1.85 bits per heavy atom. The molecule has 0 bridgehead atoms. The summed E-state index contributed by atoms with van der Waals surface area (Å²) >= 11 is 0. The molecular weight excluding hydrogens is 332 g/mol. The Hall–Kier alpha value is -3.41. The van der Waals surface area contributed by atoms with E-state index in [0.717, 1.165) is 5.56 Å². The first kappa shape index (κ1) is 16.1. The van der Waals surface area contributed by atoms with Crippen molar-refractivity contribution in [1.29, 1.82) is 0 Å². The van der Waals surface area contributed by atoms with Gasteiger partial charge >= 0.3 is 0 Å². The van der Waals surface area contributed by atoms with Crippen LogP contribution in [0, 0.1) is 0 Å². The van der Waals surface area contributed by atoms with E-state index in [1.807, 2.05) is 18.2 Å².